The first kappa shape index (κ1) is 12.4. The molecule has 1 N–H and O–H groups in total. The van der Waals surface area contributed by atoms with Gasteiger partial charge in [0.25, 0.3) is 0 Å². The predicted molar refractivity (Wildman–Crippen MR) is 72.7 cm³/mol. The van der Waals surface area contributed by atoms with Crippen LogP contribution in [0.4, 0.5) is 0 Å². The lowest BCUT2D eigenvalue weighted by atomic mass is 10.3. The molecule has 2 aromatic rings. The second-order valence-electron chi connectivity index (χ2n) is 4.11. The summed E-state index contributed by atoms with van der Waals surface area (Å²) in [6.07, 6.45) is 2.11. The third-order valence-electron chi connectivity index (χ3n) is 2.93. The lowest BCUT2D eigenvalue weighted by Gasteiger charge is -2.05. The van der Waals surface area contributed by atoms with Crippen LogP contribution in [-0.4, -0.2) is 23.1 Å². The van der Waals surface area contributed by atoms with Gasteiger partial charge in [0.15, 0.2) is 0 Å². The summed E-state index contributed by atoms with van der Waals surface area (Å²) in [5.41, 5.74) is 2.18. The quantitative estimate of drug-likeness (QED) is 0.829. The Morgan fingerprint density at radius 1 is 1.41 bits per heavy atom. The molecule has 0 aliphatic rings. The number of nitrogens with zero attached hydrogens (tertiary/aromatic N) is 2. The van der Waals surface area contributed by atoms with Crippen molar-refractivity contribution in [3.8, 4) is 0 Å². The highest BCUT2D eigenvalue weighted by Crippen LogP contribution is 2.21. The first-order valence-electron chi connectivity index (χ1n) is 6.05. The molecule has 0 spiro atoms. The molecule has 0 atom stereocenters. The molecule has 0 aliphatic carbocycles. The zero-order valence-electron chi connectivity index (χ0n) is 10.3. The Balaban J connectivity index is 2.34. The maximum absolute atomic E-state index is 5.99. The molecule has 1 aromatic heterocycles. The number of hydrogen-bond donors (Lipinski definition) is 1. The summed E-state index contributed by atoms with van der Waals surface area (Å²) in [5, 5.41) is 3.91. The minimum Gasteiger partial charge on any atom is -0.328 e. The number of aromatic nitrogens is 2. The van der Waals surface area contributed by atoms with E-state index in [1.165, 1.54) is 5.52 Å². The van der Waals surface area contributed by atoms with Crippen molar-refractivity contribution in [1.29, 1.82) is 0 Å². The molecule has 0 amide bonds. The van der Waals surface area contributed by atoms with Gasteiger partial charge in [0.05, 0.1) is 11.0 Å². The van der Waals surface area contributed by atoms with E-state index >= 15 is 0 Å². The molecule has 1 aromatic carbocycles. The van der Waals surface area contributed by atoms with Gasteiger partial charge in [-0.3, -0.25) is 0 Å². The molecule has 0 bridgehead atoms. The lowest BCUT2D eigenvalue weighted by Crippen LogP contribution is -2.10. The Hall–Kier alpha value is -1.06. The smallest absolute Gasteiger partial charge is 0.109 e. The van der Waals surface area contributed by atoms with Gasteiger partial charge in [0.2, 0.25) is 0 Å². The summed E-state index contributed by atoms with van der Waals surface area (Å²) in [6, 6.07) is 5.91. The van der Waals surface area contributed by atoms with E-state index in [0.29, 0.717) is 0 Å². The van der Waals surface area contributed by atoms with Crippen LogP contribution in [-0.2, 0) is 13.0 Å². The van der Waals surface area contributed by atoms with Gasteiger partial charge in [-0.1, -0.05) is 11.6 Å². The van der Waals surface area contributed by atoms with Crippen LogP contribution in [0.5, 0.6) is 0 Å². The SMILES string of the molecule is CCn1c(CCCNC)nc2cc(Cl)ccc21. The molecule has 0 fully saturated rings. The summed E-state index contributed by atoms with van der Waals surface area (Å²) in [4.78, 5) is 4.67. The number of rotatable bonds is 5. The Bertz CT molecular complexity index is 505. The van der Waals surface area contributed by atoms with E-state index in [1.807, 2.05) is 19.2 Å². The van der Waals surface area contributed by atoms with E-state index in [9.17, 15) is 0 Å². The van der Waals surface area contributed by atoms with Gasteiger partial charge in [-0.25, -0.2) is 4.98 Å². The van der Waals surface area contributed by atoms with Gasteiger partial charge in [-0.2, -0.15) is 0 Å². The maximum atomic E-state index is 5.99. The third-order valence-corrected chi connectivity index (χ3v) is 3.17. The Labute approximate surface area is 107 Å². The number of hydrogen-bond acceptors (Lipinski definition) is 2. The molecule has 0 radical (unpaired) electrons. The van der Waals surface area contributed by atoms with Crippen LogP contribution >= 0.6 is 11.6 Å². The minimum absolute atomic E-state index is 0.750. The van der Waals surface area contributed by atoms with Crippen LogP contribution in [0.2, 0.25) is 5.02 Å². The van der Waals surface area contributed by atoms with E-state index in [-0.39, 0.29) is 0 Å². The van der Waals surface area contributed by atoms with Gasteiger partial charge in [-0.05, 0) is 45.1 Å². The molecule has 92 valence electrons. The highest BCUT2D eigenvalue weighted by atomic mass is 35.5. The average Bonchev–Trinajstić information content (AvgIpc) is 2.66. The van der Waals surface area contributed by atoms with E-state index < -0.39 is 0 Å². The molecule has 0 saturated carbocycles. The van der Waals surface area contributed by atoms with Crippen molar-refractivity contribution >= 4 is 22.6 Å². The number of nitrogens with one attached hydrogen (secondary N) is 1. The fraction of sp³-hybridized carbons (Fsp3) is 0.462. The largest absolute Gasteiger partial charge is 0.328 e. The van der Waals surface area contributed by atoms with Crippen LogP contribution in [0.15, 0.2) is 18.2 Å². The maximum Gasteiger partial charge on any atom is 0.109 e. The van der Waals surface area contributed by atoms with Gasteiger partial charge < -0.3 is 9.88 Å². The summed E-state index contributed by atoms with van der Waals surface area (Å²) < 4.78 is 2.27. The minimum atomic E-state index is 0.750. The third kappa shape index (κ3) is 2.61. The molecule has 1 heterocycles. The monoisotopic (exact) mass is 251 g/mol. The summed E-state index contributed by atoms with van der Waals surface area (Å²) >= 11 is 5.99. The fourth-order valence-corrected chi connectivity index (χ4v) is 2.29. The Morgan fingerprint density at radius 2 is 2.24 bits per heavy atom. The molecule has 0 saturated heterocycles. The molecule has 2 rings (SSSR count). The summed E-state index contributed by atoms with van der Waals surface area (Å²) in [7, 11) is 1.97. The number of aryl methyl sites for hydroxylation is 2. The average molecular weight is 252 g/mol. The standard InChI is InChI=1S/C13H18ClN3/c1-3-17-12-7-6-10(14)9-11(12)16-13(17)5-4-8-15-2/h6-7,9,15H,3-5,8H2,1-2H3. The molecule has 3 nitrogen and oxygen atoms in total. The summed E-state index contributed by atoms with van der Waals surface area (Å²) in [6.45, 7) is 4.12. The van der Waals surface area contributed by atoms with Crippen LogP contribution in [0.1, 0.15) is 19.2 Å². The van der Waals surface area contributed by atoms with Crippen molar-refractivity contribution in [2.24, 2.45) is 0 Å². The van der Waals surface area contributed by atoms with Crippen LogP contribution in [0.3, 0.4) is 0 Å². The fourth-order valence-electron chi connectivity index (χ4n) is 2.12. The van der Waals surface area contributed by atoms with E-state index in [1.54, 1.807) is 0 Å². The molecule has 17 heavy (non-hydrogen) atoms. The topological polar surface area (TPSA) is 29.9 Å². The van der Waals surface area contributed by atoms with E-state index in [4.69, 9.17) is 11.6 Å². The number of halogens is 1. The van der Waals surface area contributed by atoms with Gasteiger partial charge in [-0.15, -0.1) is 0 Å². The Kier molecular flexibility index (Phi) is 4.02. The van der Waals surface area contributed by atoms with Crippen molar-refractivity contribution in [1.82, 2.24) is 14.9 Å². The van der Waals surface area contributed by atoms with Gasteiger partial charge in [0.1, 0.15) is 5.82 Å². The van der Waals surface area contributed by atoms with Gasteiger partial charge >= 0.3 is 0 Å². The first-order chi connectivity index (χ1) is 8.26. The van der Waals surface area contributed by atoms with Crippen molar-refractivity contribution in [2.45, 2.75) is 26.3 Å². The normalized spacial score (nSPS) is 11.2. The molecule has 0 aliphatic heterocycles. The van der Waals surface area contributed by atoms with Crippen LogP contribution in [0.25, 0.3) is 11.0 Å². The van der Waals surface area contributed by atoms with E-state index in [2.05, 4.69) is 27.9 Å². The van der Waals surface area contributed by atoms with Crippen molar-refractivity contribution in [3.63, 3.8) is 0 Å². The number of benzene rings is 1. The predicted octanol–water partition coefficient (Wildman–Crippen LogP) is 2.86. The molecular formula is C13H18ClN3. The summed E-state index contributed by atoms with van der Waals surface area (Å²) in [5.74, 6) is 1.15. The number of imidazole rings is 1. The highest BCUT2D eigenvalue weighted by Gasteiger charge is 2.09. The molecule has 0 unspecified atom stereocenters. The second kappa shape index (κ2) is 5.52. The van der Waals surface area contributed by atoms with Crippen LogP contribution in [0, 0.1) is 0 Å². The second-order valence-corrected chi connectivity index (χ2v) is 4.55. The van der Waals surface area contributed by atoms with Crippen LogP contribution < -0.4 is 5.32 Å². The van der Waals surface area contributed by atoms with Crippen molar-refractivity contribution < 1.29 is 0 Å². The van der Waals surface area contributed by atoms with Crippen molar-refractivity contribution in [3.05, 3.63) is 29.0 Å². The highest BCUT2D eigenvalue weighted by molar-refractivity contribution is 6.31. The van der Waals surface area contributed by atoms with Gasteiger partial charge in [0, 0.05) is 18.0 Å². The zero-order chi connectivity index (χ0) is 12.3. The molecular weight excluding hydrogens is 234 g/mol. The van der Waals surface area contributed by atoms with Crippen molar-refractivity contribution in [2.75, 3.05) is 13.6 Å². The Morgan fingerprint density at radius 3 is 2.94 bits per heavy atom. The number of fused-ring (bicyclic) bond motifs is 1. The van der Waals surface area contributed by atoms with E-state index in [0.717, 1.165) is 42.3 Å². The lowest BCUT2D eigenvalue weighted by molar-refractivity contribution is 0.657. The zero-order valence-corrected chi connectivity index (χ0v) is 11.1. The first-order valence-corrected chi connectivity index (χ1v) is 6.43. The molecule has 4 heteroatoms.